The summed E-state index contributed by atoms with van der Waals surface area (Å²) in [7, 11) is 0. The van der Waals surface area contributed by atoms with Crippen molar-refractivity contribution in [3.05, 3.63) is 35.9 Å². The van der Waals surface area contributed by atoms with E-state index in [4.69, 9.17) is 16.3 Å². The van der Waals surface area contributed by atoms with Crippen molar-refractivity contribution in [2.75, 3.05) is 13.2 Å². The second-order valence-corrected chi connectivity index (χ2v) is 4.76. The maximum atomic E-state index is 12.0. The van der Waals surface area contributed by atoms with Crippen LogP contribution >= 0.6 is 11.6 Å². The van der Waals surface area contributed by atoms with E-state index in [0.717, 1.165) is 17.0 Å². The Hall–Kier alpha value is -0.376. The summed E-state index contributed by atoms with van der Waals surface area (Å²) in [6, 6.07) is 7.69. The molecule has 1 heterocycles. The molecule has 0 N–H and O–H groups in total. The summed E-state index contributed by atoms with van der Waals surface area (Å²) in [5, 5.41) is -0.494. The molecule has 0 saturated heterocycles. The fourth-order valence-corrected chi connectivity index (χ4v) is 2.29. The average Bonchev–Trinajstić information content (AvgIpc) is 2.43. The number of ether oxygens (including phenoxy) is 1. The summed E-state index contributed by atoms with van der Waals surface area (Å²) in [6.07, 6.45) is 3.67. The molecule has 1 unspecified atom stereocenters. The quantitative estimate of drug-likeness (QED) is 0.604. The summed E-state index contributed by atoms with van der Waals surface area (Å²) in [5.41, 5.74) is 1.77. The Morgan fingerprint density at radius 2 is 2.00 bits per heavy atom. The molecule has 3 nitrogen and oxygen atoms in total. The molecule has 0 saturated carbocycles. The van der Waals surface area contributed by atoms with Crippen molar-refractivity contribution in [2.45, 2.75) is 25.6 Å². The Labute approximate surface area is 150 Å². The molecule has 1 radical (unpaired) electrons. The van der Waals surface area contributed by atoms with Crippen LogP contribution in [0.1, 0.15) is 25.8 Å². The number of halogens is 1. The van der Waals surface area contributed by atoms with Crippen LogP contribution in [0.3, 0.4) is 0 Å². The predicted molar refractivity (Wildman–Crippen MR) is 75.9 cm³/mol. The Bertz CT molecular complexity index is 487. The minimum absolute atomic E-state index is 0. The second-order valence-electron chi connectivity index (χ2n) is 4.24. The van der Waals surface area contributed by atoms with Crippen LogP contribution in [0.25, 0.3) is 5.70 Å². The van der Waals surface area contributed by atoms with Gasteiger partial charge in [0.2, 0.25) is 5.91 Å². The Kier molecular flexibility index (Phi) is 7.21. The molecular weight excluding hydrogens is 351 g/mol. The third kappa shape index (κ3) is 3.84. The van der Waals surface area contributed by atoms with E-state index in [1.54, 1.807) is 4.90 Å². The van der Waals surface area contributed by atoms with Crippen molar-refractivity contribution in [3.8, 4) is 5.75 Å². The van der Waals surface area contributed by atoms with E-state index in [-0.39, 0.29) is 38.6 Å². The zero-order valence-corrected chi connectivity index (χ0v) is 15.3. The molecule has 5 heteroatoms. The Morgan fingerprint density at radius 1 is 1.35 bits per heavy atom. The number of carbonyl (C=O) groups excluding carboxylic acids is 1. The predicted octanol–water partition coefficient (Wildman–Crippen LogP) is 3.09. The number of rotatable bonds is 4. The average molecular weight is 368 g/mol. The van der Waals surface area contributed by atoms with Crippen molar-refractivity contribution < 1.29 is 42.2 Å². The van der Waals surface area contributed by atoms with E-state index in [9.17, 15) is 4.79 Å². The second kappa shape index (κ2) is 8.16. The summed E-state index contributed by atoms with van der Waals surface area (Å²) in [4.78, 5) is 13.7. The van der Waals surface area contributed by atoms with Gasteiger partial charge in [-0.2, -0.15) is 5.56 Å². The Balaban J connectivity index is 0.00000200. The summed E-state index contributed by atoms with van der Waals surface area (Å²) in [6.45, 7) is 5.12. The van der Waals surface area contributed by atoms with E-state index in [2.05, 4.69) is 6.08 Å². The number of carbonyl (C=O) groups is 1. The van der Waals surface area contributed by atoms with E-state index >= 15 is 0 Å². The minimum Gasteiger partial charge on any atom is -0.494 e. The zero-order valence-electron chi connectivity index (χ0n) is 11.7. The molecule has 0 aromatic heterocycles. The van der Waals surface area contributed by atoms with Crippen LogP contribution in [-0.4, -0.2) is 29.3 Å². The van der Waals surface area contributed by atoms with Crippen LogP contribution in [0.4, 0.5) is 0 Å². The minimum atomic E-state index is -0.494. The van der Waals surface area contributed by atoms with Gasteiger partial charge in [-0.05, 0) is 26.0 Å². The fraction of sp³-hybridized carbons (Fsp3) is 0.400. The van der Waals surface area contributed by atoms with Crippen molar-refractivity contribution in [2.24, 2.45) is 0 Å². The smallest absolute Gasteiger partial charge is 0.241 e. The monoisotopic (exact) mass is 367 g/mol. The number of amides is 1. The van der Waals surface area contributed by atoms with Crippen molar-refractivity contribution in [1.82, 2.24) is 4.90 Å². The molecule has 1 atom stereocenters. The van der Waals surface area contributed by atoms with Gasteiger partial charge in [-0.15, -0.1) is 29.4 Å². The fourth-order valence-electron chi connectivity index (χ4n) is 2.10. The van der Waals surface area contributed by atoms with E-state index in [1.807, 2.05) is 38.1 Å². The van der Waals surface area contributed by atoms with Crippen LogP contribution in [-0.2, 0) is 37.5 Å². The first-order valence-corrected chi connectivity index (χ1v) is 6.90. The molecule has 1 aliphatic heterocycles. The van der Waals surface area contributed by atoms with Crippen LogP contribution in [0, 0.1) is 6.08 Å². The van der Waals surface area contributed by atoms with E-state index in [0.29, 0.717) is 19.6 Å². The summed E-state index contributed by atoms with van der Waals surface area (Å²) < 4.78 is 5.41. The van der Waals surface area contributed by atoms with Crippen LogP contribution in [0.2, 0.25) is 0 Å². The normalized spacial score (nSPS) is 18.4. The number of nitrogens with zero attached hydrogens (tertiary/aromatic N) is 1. The van der Waals surface area contributed by atoms with Crippen molar-refractivity contribution in [1.29, 1.82) is 0 Å². The molecule has 1 aliphatic rings. The van der Waals surface area contributed by atoms with Gasteiger partial charge in [0.15, 0.2) is 0 Å². The third-order valence-electron chi connectivity index (χ3n) is 3.01. The number of alkyl halides is 1. The molecule has 0 aliphatic carbocycles. The van der Waals surface area contributed by atoms with Crippen molar-refractivity contribution >= 4 is 23.2 Å². The topological polar surface area (TPSA) is 29.5 Å². The Morgan fingerprint density at radius 3 is 2.55 bits per heavy atom. The van der Waals surface area contributed by atoms with Crippen LogP contribution in [0.15, 0.2) is 24.3 Å². The van der Waals surface area contributed by atoms with Gasteiger partial charge in [0.05, 0.1) is 6.61 Å². The van der Waals surface area contributed by atoms with Gasteiger partial charge in [0.1, 0.15) is 11.1 Å². The van der Waals surface area contributed by atoms with Gasteiger partial charge in [0, 0.05) is 39.3 Å². The molecule has 0 spiro atoms. The van der Waals surface area contributed by atoms with Crippen LogP contribution < -0.4 is 4.74 Å². The molecule has 20 heavy (non-hydrogen) atoms. The first kappa shape index (κ1) is 17.7. The van der Waals surface area contributed by atoms with E-state index in [1.165, 1.54) is 0 Å². The molecule has 1 amide bonds. The molecule has 0 fully saturated rings. The van der Waals surface area contributed by atoms with E-state index < -0.39 is 5.38 Å². The van der Waals surface area contributed by atoms with Gasteiger partial charge in [0.25, 0.3) is 0 Å². The first-order valence-electron chi connectivity index (χ1n) is 6.46. The van der Waals surface area contributed by atoms with Gasteiger partial charge >= 0.3 is 0 Å². The van der Waals surface area contributed by atoms with Gasteiger partial charge in [-0.25, -0.2) is 6.08 Å². The maximum Gasteiger partial charge on any atom is 0.241 e. The molecule has 1 aromatic rings. The first-order chi connectivity index (χ1) is 9.17. The van der Waals surface area contributed by atoms with Crippen LogP contribution in [0.5, 0.6) is 5.75 Å². The molecule has 0 bridgehead atoms. The standard InChI is InChI=1S/C15H17ClNO2.Y/c1-3-17-14(10-9-13(16)15(17)18)11-5-7-12(8-6-11)19-4-2;/h5-8,13H,3-4,9H2,1-2H3;/q-1;. The summed E-state index contributed by atoms with van der Waals surface area (Å²) >= 11 is 5.97. The number of benzene rings is 1. The largest absolute Gasteiger partial charge is 0.494 e. The van der Waals surface area contributed by atoms with Gasteiger partial charge in [-0.1, -0.05) is 6.42 Å². The zero-order chi connectivity index (χ0) is 13.8. The molecular formula is C15H17ClNO2Y-. The third-order valence-corrected chi connectivity index (χ3v) is 3.35. The van der Waals surface area contributed by atoms with Gasteiger partial charge < -0.3 is 9.64 Å². The maximum absolute atomic E-state index is 12.0. The molecule has 105 valence electrons. The number of allylic oxidation sites excluding steroid dienone is 1. The summed E-state index contributed by atoms with van der Waals surface area (Å²) in [5.74, 6) is 0.777. The molecule has 2 rings (SSSR count). The number of hydrogen-bond donors (Lipinski definition) is 0. The SMILES string of the molecule is CCOc1ccc(C2=[C-]CC(Cl)C(=O)N2CC)cc1.[Y]. The number of hydrogen-bond acceptors (Lipinski definition) is 2. The van der Waals surface area contributed by atoms with Crippen molar-refractivity contribution in [3.63, 3.8) is 0 Å². The molecule has 1 aromatic carbocycles. The van der Waals surface area contributed by atoms with Gasteiger partial charge in [-0.3, -0.25) is 4.79 Å².